The highest BCUT2D eigenvalue weighted by molar-refractivity contribution is 8.76. The average Bonchev–Trinajstić information content (AvgIpc) is 3.81. The summed E-state index contributed by atoms with van der Waals surface area (Å²) < 4.78 is 12.8. The molecule has 3 aliphatic heterocycles. The minimum atomic E-state index is -0.596. The van der Waals surface area contributed by atoms with E-state index < -0.39 is 5.41 Å². The number of rotatable bonds is 3. The van der Waals surface area contributed by atoms with Crippen molar-refractivity contribution in [3.63, 3.8) is 0 Å². The Labute approximate surface area is 299 Å². The van der Waals surface area contributed by atoms with Crippen LogP contribution in [0.1, 0.15) is 109 Å². The predicted octanol–water partition coefficient (Wildman–Crippen LogP) is 9.86. The molecule has 0 aromatic carbocycles. The molecule has 3 saturated carbocycles. The number of allylic oxidation sites excluding steroid dienone is 5. The van der Waals surface area contributed by atoms with Gasteiger partial charge in [-0.3, -0.25) is 0 Å². The molecule has 260 valence electrons. The Bertz CT molecular complexity index is 1660. The van der Waals surface area contributed by atoms with Gasteiger partial charge in [0.25, 0.3) is 0 Å². The lowest BCUT2D eigenvalue weighted by Crippen LogP contribution is -2.52. The van der Waals surface area contributed by atoms with E-state index in [2.05, 4.69) is 41.5 Å². The first kappa shape index (κ1) is 32.5. The van der Waals surface area contributed by atoms with Gasteiger partial charge in [0.1, 0.15) is 17.3 Å². The largest absolute Gasteiger partial charge is 0.427 e. The Hall–Kier alpha value is -2.45. The van der Waals surface area contributed by atoms with E-state index in [0.717, 1.165) is 90.6 Å². The molecule has 5 atom stereocenters. The first-order valence-corrected chi connectivity index (χ1v) is 21.8. The summed E-state index contributed by atoms with van der Waals surface area (Å²) in [4.78, 5) is 33.2. The van der Waals surface area contributed by atoms with Gasteiger partial charge in [0.15, 0.2) is 0 Å². The van der Waals surface area contributed by atoms with Gasteiger partial charge in [0.2, 0.25) is 0 Å². The highest BCUT2D eigenvalue weighted by Gasteiger charge is 2.68. The van der Waals surface area contributed by atoms with Gasteiger partial charge in [-0.15, -0.1) is 0 Å². The lowest BCUT2D eigenvalue weighted by Gasteiger charge is -2.56. The SMILES string of the molecule is CCC1(/C=C2\OC(=O)C3=C2CC[C@H]2[C@@H]4CC[C@@]5(C6=C4Cc4ccnc(c4)NCSSC[C@H](C4CCCCC4)C/C=C\5OC6=O)[C@@H]32)CCCC1. The fraction of sp³-hybridized carbons (Fsp3) is 0.634. The highest BCUT2D eigenvalue weighted by atomic mass is 33.1. The van der Waals surface area contributed by atoms with Crippen molar-refractivity contribution in [1.82, 2.24) is 4.98 Å². The molecule has 1 spiro atoms. The quantitative estimate of drug-likeness (QED) is 0.247. The van der Waals surface area contributed by atoms with Gasteiger partial charge in [-0.25, -0.2) is 14.6 Å². The van der Waals surface area contributed by atoms with Gasteiger partial charge in [-0.2, -0.15) is 0 Å². The van der Waals surface area contributed by atoms with Crippen molar-refractivity contribution >= 4 is 39.3 Å². The fourth-order valence-corrected chi connectivity index (χ4v) is 13.8. The molecule has 0 unspecified atom stereocenters. The van der Waals surface area contributed by atoms with E-state index in [9.17, 15) is 9.59 Å². The van der Waals surface area contributed by atoms with Gasteiger partial charge >= 0.3 is 11.9 Å². The minimum Gasteiger partial charge on any atom is -0.427 e. The number of anilines is 1. The second-order valence-electron chi connectivity index (χ2n) is 16.2. The molecule has 0 amide bonds. The Morgan fingerprint density at radius 1 is 0.980 bits per heavy atom. The summed E-state index contributed by atoms with van der Waals surface area (Å²) in [6, 6.07) is 4.26. The van der Waals surface area contributed by atoms with Crippen LogP contribution in [0.15, 0.2) is 64.3 Å². The Balaban J connectivity index is 1.19. The molecule has 7 bridgehead atoms. The van der Waals surface area contributed by atoms with Crippen LogP contribution in [0.2, 0.25) is 0 Å². The number of hydrogen-bond acceptors (Lipinski definition) is 8. The van der Waals surface area contributed by atoms with Crippen LogP contribution in [-0.4, -0.2) is 28.6 Å². The first-order valence-electron chi connectivity index (χ1n) is 19.3. The number of carbonyl (C=O) groups excluding carboxylic acids is 2. The molecule has 8 heteroatoms. The van der Waals surface area contributed by atoms with Crippen molar-refractivity contribution < 1.29 is 19.1 Å². The molecule has 6 aliphatic carbocycles. The number of carbonyl (C=O) groups is 2. The maximum Gasteiger partial charge on any atom is 0.340 e. The summed E-state index contributed by atoms with van der Waals surface area (Å²) in [7, 11) is 3.83. The first-order chi connectivity index (χ1) is 24.0. The molecule has 1 saturated heterocycles. The molecule has 1 aromatic heterocycles. The maximum absolute atomic E-state index is 14.3. The van der Waals surface area contributed by atoms with E-state index in [0.29, 0.717) is 17.8 Å². The Kier molecular flexibility index (Phi) is 8.58. The summed E-state index contributed by atoms with van der Waals surface area (Å²) >= 11 is 0. The van der Waals surface area contributed by atoms with Crippen LogP contribution >= 0.6 is 21.6 Å². The molecule has 6 nitrogen and oxygen atoms in total. The number of fused-ring (bicyclic) bond motifs is 3. The van der Waals surface area contributed by atoms with E-state index >= 15 is 0 Å². The molecule has 4 fully saturated rings. The molecular formula is C41H50N2O4S2. The zero-order valence-electron chi connectivity index (χ0n) is 28.9. The number of cyclic esters (lactones) is 1. The van der Waals surface area contributed by atoms with Crippen molar-refractivity contribution in [1.29, 1.82) is 0 Å². The van der Waals surface area contributed by atoms with E-state index in [4.69, 9.17) is 9.47 Å². The molecule has 0 radical (unpaired) electrons. The second-order valence-corrected chi connectivity index (χ2v) is 18.7. The van der Waals surface area contributed by atoms with Gasteiger partial charge in [-0.1, -0.05) is 79.0 Å². The van der Waals surface area contributed by atoms with Crippen LogP contribution in [0, 0.1) is 40.4 Å². The van der Waals surface area contributed by atoms with E-state index in [1.165, 1.54) is 68.9 Å². The van der Waals surface area contributed by atoms with E-state index in [1.54, 1.807) is 0 Å². The lowest BCUT2D eigenvalue weighted by molar-refractivity contribution is -0.135. The Morgan fingerprint density at radius 3 is 2.67 bits per heavy atom. The van der Waals surface area contributed by atoms with Crippen molar-refractivity contribution in [3.05, 3.63) is 69.9 Å². The number of nitrogens with zero attached hydrogens (tertiary/aromatic N) is 1. The summed E-state index contributed by atoms with van der Waals surface area (Å²) in [5.74, 6) is 5.82. The molecule has 4 heterocycles. The zero-order chi connectivity index (χ0) is 33.2. The van der Waals surface area contributed by atoms with Crippen molar-refractivity contribution in [2.45, 2.75) is 110 Å². The van der Waals surface area contributed by atoms with Crippen LogP contribution in [0.3, 0.4) is 0 Å². The number of hydrogen-bond donors (Lipinski definition) is 1. The zero-order valence-corrected chi connectivity index (χ0v) is 30.5. The van der Waals surface area contributed by atoms with E-state index in [-0.39, 0.29) is 29.2 Å². The third-order valence-corrected chi connectivity index (χ3v) is 16.3. The van der Waals surface area contributed by atoms with Crippen molar-refractivity contribution in [2.75, 3.05) is 16.9 Å². The van der Waals surface area contributed by atoms with Crippen LogP contribution < -0.4 is 5.32 Å². The minimum absolute atomic E-state index is 0.0717. The van der Waals surface area contributed by atoms with Crippen LogP contribution in [0.4, 0.5) is 5.82 Å². The monoisotopic (exact) mass is 698 g/mol. The van der Waals surface area contributed by atoms with Gasteiger partial charge < -0.3 is 14.8 Å². The molecule has 1 N–H and O–H groups in total. The van der Waals surface area contributed by atoms with Crippen LogP contribution in [0.5, 0.6) is 0 Å². The molecule has 9 aliphatic rings. The highest BCUT2D eigenvalue weighted by Crippen LogP contribution is 2.71. The van der Waals surface area contributed by atoms with Gasteiger partial charge in [0.05, 0.1) is 16.9 Å². The normalized spacial score (nSPS) is 36.2. The molecule has 49 heavy (non-hydrogen) atoms. The third kappa shape index (κ3) is 5.39. The number of ether oxygens (including phenoxy) is 2. The Morgan fingerprint density at radius 2 is 1.84 bits per heavy atom. The number of pyridine rings is 1. The lowest BCUT2D eigenvalue weighted by atomic mass is 9.44. The smallest absolute Gasteiger partial charge is 0.340 e. The fourth-order valence-electron chi connectivity index (χ4n) is 11.6. The summed E-state index contributed by atoms with van der Waals surface area (Å²) in [5, 5.41) is 3.55. The van der Waals surface area contributed by atoms with Crippen molar-refractivity contribution in [2.24, 2.45) is 40.4 Å². The molecular weight excluding hydrogens is 649 g/mol. The van der Waals surface area contributed by atoms with Crippen LogP contribution in [0.25, 0.3) is 0 Å². The predicted molar refractivity (Wildman–Crippen MR) is 196 cm³/mol. The summed E-state index contributed by atoms with van der Waals surface area (Å²) in [6.07, 6.45) is 24.4. The summed E-state index contributed by atoms with van der Waals surface area (Å²) in [6.45, 7) is 2.28. The number of nitrogens with one attached hydrogen (secondary N) is 1. The van der Waals surface area contributed by atoms with Crippen molar-refractivity contribution in [3.8, 4) is 0 Å². The second kappa shape index (κ2) is 13.0. The average molecular weight is 699 g/mol. The van der Waals surface area contributed by atoms with Crippen LogP contribution in [-0.2, 0) is 25.5 Å². The standard InChI is InChI=1S/C41H50N2O4S2/c1-2-40(16-6-7-17-40)22-32-30-12-11-29-28-14-18-41(36(29)35(30)38(44)46-32)33-13-10-27(26-8-4-3-5-9-26)23-48-49-24-43-34-21-25(15-19-42-34)20-31(28)37(41)39(45)47-33/h13,15,19,21-22,26-29,36H,2-12,14,16-18,20,23-24H2,1H3,(H,42,43)/b32-22-,33-13+/t27-,28+,29+,36-,41+/m1/s1. The molecule has 10 rings (SSSR count). The van der Waals surface area contributed by atoms with Gasteiger partial charge in [0, 0.05) is 29.0 Å². The molecule has 1 aromatic rings. The van der Waals surface area contributed by atoms with Gasteiger partial charge in [-0.05, 0) is 117 Å². The number of aromatic nitrogens is 1. The topological polar surface area (TPSA) is 77.5 Å². The van der Waals surface area contributed by atoms with E-state index in [1.807, 2.05) is 27.8 Å². The maximum atomic E-state index is 14.3. The third-order valence-electron chi connectivity index (χ3n) is 14.0. The summed E-state index contributed by atoms with van der Waals surface area (Å²) in [5.41, 5.74) is 4.83. The number of esters is 2.